The van der Waals surface area contributed by atoms with Crippen molar-refractivity contribution in [2.75, 3.05) is 5.43 Å². The summed E-state index contributed by atoms with van der Waals surface area (Å²) in [4.78, 5) is 9.38. The van der Waals surface area contributed by atoms with Gasteiger partial charge in [-0.25, -0.2) is 15.8 Å². The Hall–Kier alpha value is -1.16. The van der Waals surface area contributed by atoms with E-state index in [9.17, 15) is 0 Å². The smallest absolute Gasteiger partial charge is 0.143 e. The number of hydrazine groups is 1. The Bertz CT molecular complexity index is 436. The van der Waals surface area contributed by atoms with Crippen LogP contribution in [0.15, 0.2) is 6.07 Å². The molecule has 106 valence electrons. The largest absolute Gasteiger partial charge is 0.308 e. The van der Waals surface area contributed by atoms with Gasteiger partial charge in [0.2, 0.25) is 0 Å². The summed E-state index contributed by atoms with van der Waals surface area (Å²) in [5.41, 5.74) is 3.76. The van der Waals surface area contributed by atoms with Crippen molar-refractivity contribution in [3.05, 3.63) is 17.6 Å². The van der Waals surface area contributed by atoms with Gasteiger partial charge in [-0.05, 0) is 18.8 Å². The number of nitrogens with two attached hydrogens (primary N) is 1. The molecule has 1 saturated carbocycles. The Morgan fingerprint density at radius 2 is 2.00 bits per heavy atom. The fraction of sp³-hybridized carbons (Fsp3) is 0.733. The maximum absolute atomic E-state index is 5.55. The molecule has 4 nitrogen and oxygen atoms in total. The molecule has 0 saturated heterocycles. The summed E-state index contributed by atoms with van der Waals surface area (Å²) >= 11 is 0. The van der Waals surface area contributed by atoms with Crippen LogP contribution in [-0.4, -0.2) is 9.97 Å². The van der Waals surface area contributed by atoms with Gasteiger partial charge < -0.3 is 5.43 Å². The van der Waals surface area contributed by atoms with Gasteiger partial charge in [-0.2, -0.15) is 0 Å². The predicted octanol–water partition coefficient (Wildman–Crippen LogP) is 3.35. The Morgan fingerprint density at radius 3 is 2.58 bits per heavy atom. The van der Waals surface area contributed by atoms with Crippen molar-refractivity contribution in [3.63, 3.8) is 0 Å². The standard InChI is InChI=1S/C15H26N4/c1-10-6-5-7-11(8-10)14-17-12(15(2,3)4)9-13(18-14)19-16/h9-11H,5-8,16H2,1-4H3,(H,17,18,19). The van der Waals surface area contributed by atoms with Crippen molar-refractivity contribution in [1.82, 2.24) is 9.97 Å². The number of nitrogen functional groups attached to an aromatic ring is 1. The number of nitrogens with zero attached hydrogens (tertiary/aromatic N) is 2. The number of aromatic nitrogens is 2. The molecule has 1 aromatic rings. The van der Waals surface area contributed by atoms with E-state index in [0.29, 0.717) is 5.92 Å². The molecule has 0 aromatic carbocycles. The summed E-state index contributed by atoms with van der Waals surface area (Å²) in [6, 6.07) is 1.95. The number of hydrogen-bond donors (Lipinski definition) is 2. The number of anilines is 1. The molecule has 19 heavy (non-hydrogen) atoms. The van der Waals surface area contributed by atoms with Crippen molar-refractivity contribution in [1.29, 1.82) is 0 Å². The van der Waals surface area contributed by atoms with Crippen LogP contribution in [0.4, 0.5) is 5.82 Å². The number of rotatable bonds is 2. The third-order valence-electron chi connectivity index (χ3n) is 3.96. The van der Waals surface area contributed by atoms with Gasteiger partial charge >= 0.3 is 0 Å². The highest BCUT2D eigenvalue weighted by Crippen LogP contribution is 2.35. The number of hydrogen-bond acceptors (Lipinski definition) is 4. The van der Waals surface area contributed by atoms with Gasteiger partial charge in [-0.15, -0.1) is 0 Å². The zero-order valence-electron chi connectivity index (χ0n) is 12.5. The monoisotopic (exact) mass is 262 g/mol. The van der Waals surface area contributed by atoms with Gasteiger partial charge in [0.1, 0.15) is 11.6 Å². The normalized spacial score (nSPS) is 24.3. The van der Waals surface area contributed by atoms with E-state index in [0.717, 1.165) is 23.3 Å². The lowest BCUT2D eigenvalue weighted by molar-refractivity contribution is 0.334. The van der Waals surface area contributed by atoms with Crippen molar-refractivity contribution < 1.29 is 0 Å². The molecule has 1 aliphatic carbocycles. The highest BCUT2D eigenvalue weighted by Gasteiger charge is 2.25. The van der Waals surface area contributed by atoms with E-state index in [1.165, 1.54) is 25.7 Å². The summed E-state index contributed by atoms with van der Waals surface area (Å²) in [5, 5.41) is 0. The summed E-state index contributed by atoms with van der Waals surface area (Å²) in [7, 11) is 0. The van der Waals surface area contributed by atoms with Gasteiger partial charge in [0.25, 0.3) is 0 Å². The molecular formula is C15H26N4. The highest BCUT2D eigenvalue weighted by atomic mass is 15.3. The minimum atomic E-state index is 0.0174. The lowest BCUT2D eigenvalue weighted by atomic mass is 9.82. The second-order valence-corrected chi connectivity index (χ2v) is 6.86. The molecular weight excluding hydrogens is 236 g/mol. The van der Waals surface area contributed by atoms with Crippen LogP contribution in [0.2, 0.25) is 0 Å². The van der Waals surface area contributed by atoms with E-state index in [1.54, 1.807) is 0 Å². The van der Waals surface area contributed by atoms with Crippen LogP contribution in [0.1, 0.15) is 70.8 Å². The molecule has 0 aliphatic heterocycles. The third-order valence-corrected chi connectivity index (χ3v) is 3.96. The lowest BCUT2D eigenvalue weighted by Gasteiger charge is -2.27. The van der Waals surface area contributed by atoms with E-state index < -0.39 is 0 Å². The summed E-state index contributed by atoms with van der Waals surface area (Å²) in [6.07, 6.45) is 5.00. The lowest BCUT2D eigenvalue weighted by Crippen LogP contribution is -2.21. The van der Waals surface area contributed by atoms with Crippen LogP contribution < -0.4 is 11.3 Å². The van der Waals surface area contributed by atoms with E-state index in [2.05, 4.69) is 38.1 Å². The first-order valence-corrected chi connectivity index (χ1v) is 7.26. The van der Waals surface area contributed by atoms with Crippen molar-refractivity contribution in [3.8, 4) is 0 Å². The predicted molar refractivity (Wildman–Crippen MR) is 78.9 cm³/mol. The average molecular weight is 262 g/mol. The van der Waals surface area contributed by atoms with Crippen LogP contribution in [0.3, 0.4) is 0 Å². The second kappa shape index (κ2) is 5.45. The molecule has 1 fully saturated rings. The zero-order chi connectivity index (χ0) is 14.0. The van der Waals surface area contributed by atoms with Crippen molar-refractivity contribution in [2.24, 2.45) is 11.8 Å². The minimum absolute atomic E-state index is 0.0174. The van der Waals surface area contributed by atoms with E-state index in [4.69, 9.17) is 10.8 Å². The molecule has 2 atom stereocenters. The second-order valence-electron chi connectivity index (χ2n) is 6.86. The van der Waals surface area contributed by atoms with Gasteiger partial charge in [-0.1, -0.05) is 40.5 Å². The first-order chi connectivity index (χ1) is 8.90. The van der Waals surface area contributed by atoms with E-state index >= 15 is 0 Å². The molecule has 3 N–H and O–H groups in total. The van der Waals surface area contributed by atoms with Crippen LogP contribution in [0.25, 0.3) is 0 Å². The van der Waals surface area contributed by atoms with Crippen LogP contribution in [0.5, 0.6) is 0 Å². The SMILES string of the molecule is CC1CCCC(c2nc(NN)cc(C(C)(C)C)n2)C1. The zero-order valence-corrected chi connectivity index (χ0v) is 12.5. The van der Waals surface area contributed by atoms with Gasteiger partial charge in [0.05, 0.1) is 5.69 Å². The van der Waals surface area contributed by atoms with Crippen LogP contribution in [-0.2, 0) is 5.41 Å². The first-order valence-electron chi connectivity index (χ1n) is 7.26. The molecule has 0 amide bonds. The Kier molecular flexibility index (Phi) is 4.09. The molecule has 2 unspecified atom stereocenters. The van der Waals surface area contributed by atoms with Gasteiger partial charge in [-0.3, -0.25) is 0 Å². The van der Waals surface area contributed by atoms with Gasteiger partial charge in [0, 0.05) is 17.4 Å². The topological polar surface area (TPSA) is 63.8 Å². The number of nitrogens with one attached hydrogen (secondary N) is 1. The third kappa shape index (κ3) is 3.44. The van der Waals surface area contributed by atoms with Gasteiger partial charge in [0.15, 0.2) is 0 Å². The van der Waals surface area contributed by atoms with Crippen LogP contribution in [0, 0.1) is 5.92 Å². The quantitative estimate of drug-likeness (QED) is 0.633. The molecule has 0 bridgehead atoms. The fourth-order valence-corrected chi connectivity index (χ4v) is 2.78. The fourth-order valence-electron chi connectivity index (χ4n) is 2.78. The summed E-state index contributed by atoms with van der Waals surface area (Å²) in [5.74, 6) is 8.50. The summed E-state index contributed by atoms with van der Waals surface area (Å²) < 4.78 is 0. The average Bonchev–Trinajstić information content (AvgIpc) is 2.37. The molecule has 1 aliphatic rings. The Morgan fingerprint density at radius 1 is 1.26 bits per heavy atom. The highest BCUT2D eigenvalue weighted by molar-refractivity contribution is 5.37. The molecule has 4 heteroatoms. The molecule has 0 radical (unpaired) electrons. The minimum Gasteiger partial charge on any atom is -0.308 e. The first kappa shape index (κ1) is 14.3. The van der Waals surface area contributed by atoms with E-state index in [-0.39, 0.29) is 5.41 Å². The van der Waals surface area contributed by atoms with Crippen LogP contribution >= 0.6 is 0 Å². The summed E-state index contributed by atoms with van der Waals surface area (Å²) in [6.45, 7) is 8.83. The van der Waals surface area contributed by atoms with Crippen molar-refractivity contribution in [2.45, 2.75) is 64.7 Å². The van der Waals surface area contributed by atoms with E-state index in [1.807, 2.05) is 6.07 Å². The molecule has 0 spiro atoms. The molecule has 1 heterocycles. The Labute approximate surface area is 116 Å². The maximum atomic E-state index is 5.55. The van der Waals surface area contributed by atoms with Crippen molar-refractivity contribution >= 4 is 5.82 Å². The molecule has 1 aromatic heterocycles. The molecule has 2 rings (SSSR count). The Balaban J connectivity index is 2.34. The maximum Gasteiger partial charge on any atom is 0.143 e.